The number of nitrogens with zero attached hydrogens (tertiary/aromatic N) is 3. The number of halogens is 2. The molecule has 3 aromatic rings. The van der Waals surface area contributed by atoms with Gasteiger partial charge in [0.2, 0.25) is 0 Å². The Hall–Kier alpha value is -1.87. The first-order valence-electron chi connectivity index (χ1n) is 5.96. The van der Waals surface area contributed by atoms with Gasteiger partial charge in [-0.05, 0) is 19.1 Å². The highest BCUT2D eigenvalue weighted by molar-refractivity contribution is 7.16. The standard InChI is InChI=1S/C14H8Cl2N4S/c1-7-10(5-17)12(9-3-2-8(15)4-11(9)16)13(21-7)14-18-6-19-20-14/h2-4,6H,1H3,(H,18,19,20). The van der Waals surface area contributed by atoms with E-state index < -0.39 is 0 Å². The fraction of sp³-hybridized carbons (Fsp3) is 0.0714. The van der Waals surface area contributed by atoms with E-state index in [9.17, 15) is 5.26 Å². The molecule has 0 amide bonds. The van der Waals surface area contributed by atoms with Gasteiger partial charge in [-0.25, -0.2) is 4.98 Å². The van der Waals surface area contributed by atoms with Gasteiger partial charge in [-0.1, -0.05) is 29.3 Å². The lowest BCUT2D eigenvalue weighted by atomic mass is 10.0. The fourth-order valence-electron chi connectivity index (χ4n) is 2.11. The van der Waals surface area contributed by atoms with Crippen molar-refractivity contribution in [3.8, 4) is 27.9 Å². The fourth-order valence-corrected chi connectivity index (χ4v) is 3.68. The number of aryl methyl sites for hydroxylation is 1. The Morgan fingerprint density at radius 1 is 1.33 bits per heavy atom. The van der Waals surface area contributed by atoms with Crippen molar-refractivity contribution < 1.29 is 0 Å². The number of nitrogens with one attached hydrogen (secondary N) is 1. The van der Waals surface area contributed by atoms with Crippen LogP contribution in [0, 0.1) is 18.3 Å². The number of H-pyrrole nitrogens is 1. The van der Waals surface area contributed by atoms with E-state index in [1.54, 1.807) is 12.1 Å². The van der Waals surface area contributed by atoms with Crippen molar-refractivity contribution in [2.75, 3.05) is 0 Å². The first kappa shape index (κ1) is 14.1. The number of hydrogen-bond acceptors (Lipinski definition) is 4. The Morgan fingerprint density at radius 2 is 2.14 bits per heavy atom. The summed E-state index contributed by atoms with van der Waals surface area (Å²) in [5.74, 6) is 0.616. The van der Waals surface area contributed by atoms with Gasteiger partial charge in [0.15, 0.2) is 5.82 Å². The molecule has 0 saturated heterocycles. The molecule has 0 aliphatic rings. The second-order valence-electron chi connectivity index (χ2n) is 4.31. The van der Waals surface area contributed by atoms with Crippen LogP contribution in [0.25, 0.3) is 21.8 Å². The molecule has 0 spiro atoms. The van der Waals surface area contributed by atoms with Crippen LogP contribution in [0.3, 0.4) is 0 Å². The summed E-state index contributed by atoms with van der Waals surface area (Å²) >= 11 is 13.7. The summed E-state index contributed by atoms with van der Waals surface area (Å²) < 4.78 is 0. The molecule has 0 radical (unpaired) electrons. The first-order valence-corrected chi connectivity index (χ1v) is 7.53. The van der Waals surface area contributed by atoms with E-state index in [0.29, 0.717) is 21.4 Å². The third kappa shape index (κ3) is 2.42. The predicted octanol–water partition coefficient (Wildman–Crippen LogP) is 4.69. The summed E-state index contributed by atoms with van der Waals surface area (Å²) in [6, 6.07) is 7.47. The summed E-state index contributed by atoms with van der Waals surface area (Å²) in [7, 11) is 0. The van der Waals surface area contributed by atoms with Crippen molar-refractivity contribution in [1.29, 1.82) is 5.26 Å². The monoisotopic (exact) mass is 334 g/mol. The molecule has 0 atom stereocenters. The minimum Gasteiger partial charge on any atom is -0.259 e. The Bertz CT molecular complexity index is 847. The number of nitriles is 1. The van der Waals surface area contributed by atoms with Crippen molar-refractivity contribution >= 4 is 34.5 Å². The average molecular weight is 335 g/mol. The van der Waals surface area contributed by atoms with Crippen molar-refractivity contribution in [3.63, 3.8) is 0 Å². The van der Waals surface area contributed by atoms with Crippen LogP contribution in [0.5, 0.6) is 0 Å². The quantitative estimate of drug-likeness (QED) is 0.739. The van der Waals surface area contributed by atoms with E-state index in [1.165, 1.54) is 17.7 Å². The molecule has 104 valence electrons. The second kappa shape index (κ2) is 5.49. The summed E-state index contributed by atoms with van der Waals surface area (Å²) in [4.78, 5) is 5.92. The third-order valence-electron chi connectivity index (χ3n) is 3.03. The zero-order chi connectivity index (χ0) is 15.0. The zero-order valence-electron chi connectivity index (χ0n) is 10.8. The number of aromatic nitrogens is 3. The van der Waals surface area contributed by atoms with E-state index in [4.69, 9.17) is 23.2 Å². The number of thiophene rings is 1. The smallest absolute Gasteiger partial charge is 0.166 e. The minimum absolute atomic E-state index is 0.498. The molecule has 7 heteroatoms. The molecule has 1 N–H and O–H groups in total. The molecule has 0 aliphatic heterocycles. The highest BCUT2D eigenvalue weighted by atomic mass is 35.5. The minimum atomic E-state index is 0.498. The van der Waals surface area contributed by atoms with Gasteiger partial charge < -0.3 is 0 Å². The number of rotatable bonds is 2. The van der Waals surface area contributed by atoms with Crippen LogP contribution in [0.2, 0.25) is 10.0 Å². The lowest BCUT2D eigenvalue weighted by Gasteiger charge is -2.06. The van der Waals surface area contributed by atoms with Gasteiger partial charge in [0.1, 0.15) is 12.4 Å². The highest BCUT2D eigenvalue weighted by Crippen LogP contribution is 2.44. The van der Waals surface area contributed by atoms with Crippen LogP contribution in [-0.4, -0.2) is 15.2 Å². The van der Waals surface area contributed by atoms with Crippen molar-refractivity contribution in [1.82, 2.24) is 15.2 Å². The molecule has 0 aliphatic carbocycles. The molecule has 3 rings (SSSR count). The summed E-state index contributed by atoms with van der Waals surface area (Å²) in [5, 5.41) is 17.2. The molecular weight excluding hydrogens is 327 g/mol. The van der Waals surface area contributed by atoms with Gasteiger partial charge in [-0.15, -0.1) is 11.3 Å². The van der Waals surface area contributed by atoms with Gasteiger partial charge in [-0.3, -0.25) is 5.10 Å². The van der Waals surface area contributed by atoms with E-state index in [0.717, 1.165) is 20.9 Å². The van der Waals surface area contributed by atoms with Crippen LogP contribution in [0.4, 0.5) is 0 Å². The van der Waals surface area contributed by atoms with E-state index >= 15 is 0 Å². The number of hydrogen-bond donors (Lipinski definition) is 1. The molecule has 0 bridgehead atoms. The Labute approximate surface area is 135 Å². The maximum absolute atomic E-state index is 9.46. The molecule has 4 nitrogen and oxygen atoms in total. The summed E-state index contributed by atoms with van der Waals surface area (Å²) in [5.41, 5.74) is 2.11. The molecule has 21 heavy (non-hydrogen) atoms. The normalized spacial score (nSPS) is 10.6. The molecule has 2 heterocycles. The lowest BCUT2D eigenvalue weighted by Crippen LogP contribution is -1.87. The average Bonchev–Trinajstić information content (AvgIpc) is 3.06. The van der Waals surface area contributed by atoms with Gasteiger partial charge in [0, 0.05) is 26.0 Å². The molecule has 1 aromatic carbocycles. The lowest BCUT2D eigenvalue weighted by molar-refractivity contribution is 1.10. The summed E-state index contributed by atoms with van der Waals surface area (Å²) in [6.07, 6.45) is 1.43. The van der Waals surface area contributed by atoms with Gasteiger partial charge in [0.05, 0.1) is 10.4 Å². The first-order chi connectivity index (χ1) is 10.1. The number of benzene rings is 1. The van der Waals surface area contributed by atoms with Crippen LogP contribution < -0.4 is 0 Å². The predicted molar refractivity (Wildman–Crippen MR) is 84.6 cm³/mol. The molecule has 0 saturated carbocycles. The van der Waals surface area contributed by atoms with Gasteiger partial charge in [-0.2, -0.15) is 10.4 Å². The second-order valence-corrected chi connectivity index (χ2v) is 6.38. The van der Waals surface area contributed by atoms with E-state index in [2.05, 4.69) is 21.3 Å². The topological polar surface area (TPSA) is 65.4 Å². The third-order valence-corrected chi connectivity index (χ3v) is 4.69. The van der Waals surface area contributed by atoms with Gasteiger partial charge >= 0.3 is 0 Å². The van der Waals surface area contributed by atoms with Crippen LogP contribution in [0.1, 0.15) is 10.4 Å². The maximum atomic E-state index is 9.46. The van der Waals surface area contributed by atoms with E-state index in [1.807, 2.05) is 13.0 Å². The van der Waals surface area contributed by atoms with Gasteiger partial charge in [0.25, 0.3) is 0 Å². The van der Waals surface area contributed by atoms with Crippen molar-refractivity contribution in [2.24, 2.45) is 0 Å². The van der Waals surface area contributed by atoms with Crippen LogP contribution in [0.15, 0.2) is 24.5 Å². The maximum Gasteiger partial charge on any atom is 0.166 e. The Morgan fingerprint density at radius 3 is 2.76 bits per heavy atom. The highest BCUT2D eigenvalue weighted by Gasteiger charge is 2.22. The molecular formula is C14H8Cl2N4S. The molecule has 0 fully saturated rings. The SMILES string of the molecule is Cc1sc(-c2ncn[nH]2)c(-c2ccc(Cl)cc2Cl)c1C#N. The van der Waals surface area contributed by atoms with E-state index in [-0.39, 0.29) is 0 Å². The Balaban J connectivity index is 2.33. The largest absolute Gasteiger partial charge is 0.259 e. The van der Waals surface area contributed by atoms with Crippen molar-refractivity contribution in [3.05, 3.63) is 45.0 Å². The summed E-state index contributed by atoms with van der Waals surface area (Å²) in [6.45, 7) is 1.90. The number of aromatic amines is 1. The zero-order valence-corrected chi connectivity index (χ0v) is 13.1. The van der Waals surface area contributed by atoms with Crippen molar-refractivity contribution in [2.45, 2.75) is 6.92 Å². The Kier molecular flexibility index (Phi) is 3.68. The van der Waals surface area contributed by atoms with Crippen LogP contribution in [-0.2, 0) is 0 Å². The molecule has 2 aromatic heterocycles. The van der Waals surface area contributed by atoms with Crippen LogP contribution >= 0.6 is 34.5 Å². The molecule has 0 unspecified atom stereocenters.